The van der Waals surface area contributed by atoms with E-state index in [2.05, 4.69) is 15.9 Å². The lowest BCUT2D eigenvalue weighted by atomic mass is 9.99. The van der Waals surface area contributed by atoms with Gasteiger partial charge in [0.15, 0.2) is 0 Å². The zero-order valence-electron chi connectivity index (χ0n) is 8.58. The minimum absolute atomic E-state index is 0.346. The predicted octanol–water partition coefficient (Wildman–Crippen LogP) is 2.75. The number of benzene rings is 1. The fourth-order valence-corrected chi connectivity index (χ4v) is 2.10. The highest BCUT2D eigenvalue weighted by molar-refractivity contribution is 9.10. The van der Waals surface area contributed by atoms with Crippen LogP contribution < -0.4 is 5.73 Å². The Morgan fingerprint density at radius 3 is 2.73 bits per heavy atom. The van der Waals surface area contributed by atoms with Crippen LogP contribution in [0.25, 0.3) is 0 Å². The molecule has 3 N–H and O–H groups in total. The van der Waals surface area contributed by atoms with Crippen molar-refractivity contribution in [2.45, 2.75) is 31.9 Å². The fraction of sp³-hybridized carbons (Fsp3) is 0.455. The molecular formula is C11H15BrFNO. The van der Waals surface area contributed by atoms with E-state index >= 15 is 0 Å². The zero-order valence-corrected chi connectivity index (χ0v) is 10.2. The molecule has 0 heterocycles. The maximum Gasteiger partial charge on any atom is 0.129 e. The molecule has 0 unspecified atom stereocenters. The summed E-state index contributed by atoms with van der Waals surface area (Å²) in [6.07, 6.45) is 0.686. The van der Waals surface area contributed by atoms with Crippen molar-refractivity contribution in [3.8, 4) is 0 Å². The van der Waals surface area contributed by atoms with E-state index in [4.69, 9.17) is 5.73 Å². The molecule has 0 radical (unpaired) electrons. The quantitative estimate of drug-likeness (QED) is 0.888. The first kappa shape index (κ1) is 12.6. The maximum absolute atomic E-state index is 13.5. The average molecular weight is 276 g/mol. The van der Waals surface area contributed by atoms with E-state index in [-0.39, 0.29) is 5.82 Å². The maximum atomic E-state index is 13.5. The molecule has 0 amide bonds. The van der Waals surface area contributed by atoms with E-state index < -0.39 is 12.1 Å². The lowest BCUT2D eigenvalue weighted by Gasteiger charge is -2.20. The van der Waals surface area contributed by atoms with Crippen LogP contribution in [0.2, 0.25) is 0 Å². The van der Waals surface area contributed by atoms with Crippen molar-refractivity contribution in [1.82, 2.24) is 0 Å². The van der Waals surface area contributed by atoms with Gasteiger partial charge in [-0.2, -0.15) is 0 Å². The minimum Gasteiger partial charge on any atom is -0.391 e. The number of rotatable bonds is 4. The minimum atomic E-state index is -0.705. The van der Waals surface area contributed by atoms with E-state index in [1.165, 1.54) is 6.07 Å². The molecule has 0 bridgehead atoms. The molecule has 0 saturated heterocycles. The lowest BCUT2D eigenvalue weighted by Crippen LogP contribution is -2.27. The van der Waals surface area contributed by atoms with E-state index in [0.717, 1.165) is 6.42 Å². The van der Waals surface area contributed by atoms with Crippen molar-refractivity contribution in [3.63, 3.8) is 0 Å². The molecule has 84 valence electrons. The van der Waals surface area contributed by atoms with E-state index in [0.29, 0.717) is 16.5 Å². The summed E-state index contributed by atoms with van der Waals surface area (Å²) in [5.74, 6) is -0.382. The van der Waals surface area contributed by atoms with Gasteiger partial charge in [-0.05, 0) is 18.6 Å². The number of hydrogen-bond donors (Lipinski definition) is 2. The third-order valence-electron chi connectivity index (χ3n) is 2.33. The van der Waals surface area contributed by atoms with Crippen LogP contribution in [0, 0.1) is 5.82 Å². The topological polar surface area (TPSA) is 46.2 Å². The molecule has 0 aliphatic heterocycles. The third kappa shape index (κ3) is 3.00. The number of hydrogen-bond acceptors (Lipinski definition) is 2. The Balaban J connectivity index is 2.94. The van der Waals surface area contributed by atoms with Crippen LogP contribution in [-0.4, -0.2) is 11.2 Å². The average Bonchev–Trinajstić information content (AvgIpc) is 2.17. The Kier molecular flexibility index (Phi) is 4.70. The molecule has 0 fully saturated rings. The smallest absolute Gasteiger partial charge is 0.129 e. The van der Waals surface area contributed by atoms with Gasteiger partial charge >= 0.3 is 0 Å². The van der Waals surface area contributed by atoms with Crippen molar-refractivity contribution in [2.75, 3.05) is 0 Å². The van der Waals surface area contributed by atoms with Gasteiger partial charge in [-0.3, -0.25) is 0 Å². The normalized spacial score (nSPS) is 15.0. The molecule has 1 aromatic carbocycles. The van der Waals surface area contributed by atoms with Crippen molar-refractivity contribution in [3.05, 3.63) is 34.1 Å². The molecule has 2 nitrogen and oxygen atoms in total. The molecule has 1 aromatic rings. The first-order valence-electron chi connectivity index (χ1n) is 4.95. The molecular weight excluding hydrogens is 261 g/mol. The van der Waals surface area contributed by atoms with Crippen LogP contribution >= 0.6 is 15.9 Å². The van der Waals surface area contributed by atoms with Gasteiger partial charge in [0.05, 0.1) is 12.1 Å². The highest BCUT2D eigenvalue weighted by Gasteiger charge is 2.21. The van der Waals surface area contributed by atoms with Gasteiger partial charge in [0.1, 0.15) is 5.82 Å². The SMILES string of the molecule is CCC[C@@H](O)[C@@H](N)c1c(F)cccc1Br. The Hall–Kier alpha value is -0.450. The molecule has 0 saturated carbocycles. The van der Waals surface area contributed by atoms with Crippen LogP contribution in [0.5, 0.6) is 0 Å². The van der Waals surface area contributed by atoms with Gasteiger partial charge in [0.2, 0.25) is 0 Å². The molecule has 0 spiro atoms. The molecule has 15 heavy (non-hydrogen) atoms. The molecule has 4 heteroatoms. The Labute approximate surface area is 97.4 Å². The summed E-state index contributed by atoms with van der Waals surface area (Å²) in [6.45, 7) is 1.95. The van der Waals surface area contributed by atoms with Gasteiger partial charge in [0.25, 0.3) is 0 Å². The second-order valence-corrected chi connectivity index (χ2v) is 4.37. The van der Waals surface area contributed by atoms with Crippen molar-refractivity contribution in [2.24, 2.45) is 5.73 Å². The Morgan fingerprint density at radius 1 is 1.53 bits per heavy atom. The van der Waals surface area contributed by atoms with Gasteiger partial charge in [0, 0.05) is 10.0 Å². The summed E-state index contributed by atoms with van der Waals surface area (Å²) >= 11 is 3.24. The van der Waals surface area contributed by atoms with Crippen LogP contribution in [0.3, 0.4) is 0 Å². The molecule has 0 aliphatic rings. The van der Waals surface area contributed by atoms with Gasteiger partial charge in [-0.15, -0.1) is 0 Å². The van der Waals surface area contributed by atoms with Gasteiger partial charge in [-0.25, -0.2) is 4.39 Å². The third-order valence-corrected chi connectivity index (χ3v) is 3.02. The van der Waals surface area contributed by atoms with E-state index in [9.17, 15) is 9.50 Å². The number of halogens is 2. The highest BCUT2D eigenvalue weighted by Crippen LogP contribution is 2.27. The monoisotopic (exact) mass is 275 g/mol. The Morgan fingerprint density at radius 2 is 2.20 bits per heavy atom. The fourth-order valence-electron chi connectivity index (χ4n) is 1.50. The molecule has 0 aromatic heterocycles. The Bertz CT molecular complexity index is 312. The summed E-state index contributed by atoms with van der Waals surface area (Å²) in [5, 5.41) is 9.71. The first-order valence-corrected chi connectivity index (χ1v) is 5.74. The molecule has 0 aliphatic carbocycles. The first-order chi connectivity index (χ1) is 7.07. The molecule has 1 rings (SSSR count). The number of nitrogens with two attached hydrogens (primary N) is 1. The van der Waals surface area contributed by atoms with E-state index in [1.54, 1.807) is 12.1 Å². The second kappa shape index (κ2) is 5.58. The number of aliphatic hydroxyl groups excluding tert-OH is 1. The van der Waals surface area contributed by atoms with Crippen molar-refractivity contribution < 1.29 is 9.50 Å². The standard InChI is InChI=1S/C11H15BrFNO/c1-2-4-9(15)11(14)10-7(12)5-3-6-8(10)13/h3,5-6,9,11,15H,2,4,14H2,1H3/t9-,11-/m1/s1. The lowest BCUT2D eigenvalue weighted by molar-refractivity contribution is 0.132. The van der Waals surface area contributed by atoms with Gasteiger partial charge < -0.3 is 10.8 Å². The summed E-state index contributed by atoms with van der Waals surface area (Å²) in [5.41, 5.74) is 6.15. The van der Waals surface area contributed by atoms with Crippen LogP contribution in [0.4, 0.5) is 4.39 Å². The summed E-state index contributed by atoms with van der Waals surface area (Å²) in [4.78, 5) is 0. The number of aliphatic hydroxyl groups is 1. The van der Waals surface area contributed by atoms with E-state index in [1.807, 2.05) is 6.92 Å². The zero-order chi connectivity index (χ0) is 11.4. The van der Waals surface area contributed by atoms with Crippen LogP contribution in [-0.2, 0) is 0 Å². The van der Waals surface area contributed by atoms with Crippen LogP contribution in [0.15, 0.2) is 22.7 Å². The summed E-state index contributed by atoms with van der Waals surface area (Å²) in [7, 11) is 0. The van der Waals surface area contributed by atoms with Crippen molar-refractivity contribution >= 4 is 15.9 Å². The second-order valence-electron chi connectivity index (χ2n) is 3.52. The largest absolute Gasteiger partial charge is 0.391 e. The van der Waals surface area contributed by atoms with Gasteiger partial charge in [-0.1, -0.05) is 35.3 Å². The summed E-state index contributed by atoms with van der Waals surface area (Å²) < 4.78 is 14.1. The van der Waals surface area contributed by atoms with Crippen LogP contribution in [0.1, 0.15) is 31.4 Å². The summed E-state index contributed by atoms with van der Waals surface area (Å²) in [6, 6.07) is 3.98. The van der Waals surface area contributed by atoms with Crippen molar-refractivity contribution in [1.29, 1.82) is 0 Å². The predicted molar refractivity (Wildman–Crippen MR) is 61.9 cm³/mol. The molecule has 2 atom stereocenters. The highest BCUT2D eigenvalue weighted by atomic mass is 79.9.